The van der Waals surface area contributed by atoms with E-state index in [0.29, 0.717) is 6.04 Å². The minimum Gasteiger partial charge on any atom is -0.297 e. The summed E-state index contributed by atoms with van der Waals surface area (Å²) in [6, 6.07) is 0.405. The third kappa shape index (κ3) is 4.52. The molecule has 0 aromatic rings. The molecule has 1 fully saturated rings. The molecule has 1 rings (SSSR count). The van der Waals surface area contributed by atoms with Crippen LogP contribution in [0.5, 0.6) is 0 Å². The molecule has 0 spiro atoms. The highest BCUT2D eigenvalue weighted by Gasteiger charge is 2.34. The Balaban J connectivity index is 2.55. The summed E-state index contributed by atoms with van der Waals surface area (Å²) >= 11 is 0. The van der Waals surface area contributed by atoms with Crippen molar-refractivity contribution in [1.82, 2.24) is 10.3 Å². The molecule has 1 unspecified atom stereocenters. The van der Waals surface area contributed by atoms with Gasteiger partial charge in [0.2, 0.25) is 0 Å². The van der Waals surface area contributed by atoms with E-state index in [4.69, 9.17) is 5.84 Å². The fraction of sp³-hybridized carbons (Fsp3) is 1.00. The topological polar surface area (TPSA) is 41.3 Å². The van der Waals surface area contributed by atoms with Crippen LogP contribution in [0.15, 0.2) is 0 Å². The zero-order chi connectivity index (χ0) is 13.4. The van der Waals surface area contributed by atoms with Crippen molar-refractivity contribution in [1.29, 1.82) is 0 Å². The third-order valence-electron chi connectivity index (χ3n) is 4.57. The molecule has 1 aliphatic rings. The molecule has 0 amide bonds. The predicted molar refractivity (Wildman–Crippen MR) is 79.4 cm³/mol. The van der Waals surface area contributed by atoms with E-state index in [2.05, 4.69) is 31.1 Å². The molecule has 3 nitrogen and oxygen atoms in total. The Morgan fingerprint density at radius 3 is 2.22 bits per heavy atom. The van der Waals surface area contributed by atoms with Gasteiger partial charge in [0.25, 0.3) is 0 Å². The Hall–Kier alpha value is -0.120. The van der Waals surface area contributed by atoms with E-state index >= 15 is 0 Å². The molecule has 1 aliphatic heterocycles. The van der Waals surface area contributed by atoms with Crippen LogP contribution >= 0.6 is 0 Å². The smallest absolute Gasteiger partial charge is 0.0389 e. The monoisotopic (exact) mass is 255 g/mol. The highest BCUT2D eigenvalue weighted by molar-refractivity contribution is 4.93. The van der Waals surface area contributed by atoms with Crippen molar-refractivity contribution in [2.75, 3.05) is 13.1 Å². The van der Waals surface area contributed by atoms with Gasteiger partial charge < -0.3 is 0 Å². The number of unbranched alkanes of at least 4 members (excludes halogenated alkanes) is 2. The fourth-order valence-electron chi connectivity index (χ4n) is 3.11. The molecule has 0 saturated carbocycles. The SMILES string of the molecule is CCCCCC(NN)C(C)(C)N1CCCCCC1. The maximum Gasteiger partial charge on any atom is 0.0389 e. The van der Waals surface area contributed by atoms with Crippen molar-refractivity contribution in [3.63, 3.8) is 0 Å². The van der Waals surface area contributed by atoms with E-state index in [1.807, 2.05) is 0 Å². The maximum absolute atomic E-state index is 5.81. The van der Waals surface area contributed by atoms with Crippen molar-refractivity contribution in [3.05, 3.63) is 0 Å². The Kier molecular flexibility index (Phi) is 7.20. The average Bonchev–Trinajstić information content (AvgIpc) is 2.63. The number of likely N-dealkylation sites (tertiary alicyclic amines) is 1. The molecular weight excluding hydrogens is 222 g/mol. The van der Waals surface area contributed by atoms with Gasteiger partial charge in [-0.15, -0.1) is 0 Å². The van der Waals surface area contributed by atoms with Gasteiger partial charge in [-0.3, -0.25) is 16.2 Å². The minimum absolute atomic E-state index is 0.173. The normalized spacial score (nSPS) is 20.7. The van der Waals surface area contributed by atoms with Crippen LogP contribution in [-0.2, 0) is 0 Å². The van der Waals surface area contributed by atoms with Gasteiger partial charge in [-0.1, -0.05) is 39.0 Å². The molecule has 0 aromatic carbocycles. The summed E-state index contributed by atoms with van der Waals surface area (Å²) in [7, 11) is 0. The molecule has 108 valence electrons. The second-order valence-electron chi connectivity index (χ2n) is 6.27. The highest BCUT2D eigenvalue weighted by atomic mass is 15.3. The summed E-state index contributed by atoms with van der Waals surface area (Å²) in [6.07, 6.45) is 10.5. The lowest BCUT2D eigenvalue weighted by atomic mass is 9.88. The first-order valence-electron chi connectivity index (χ1n) is 7.84. The number of nitrogens with zero attached hydrogens (tertiary/aromatic N) is 1. The number of rotatable bonds is 7. The number of hydrazine groups is 1. The number of hydrogen-bond donors (Lipinski definition) is 2. The van der Waals surface area contributed by atoms with Crippen LogP contribution in [0, 0.1) is 0 Å². The Morgan fingerprint density at radius 2 is 1.72 bits per heavy atom. The predicted octanol–water partition coefficient (Wildman–Crippen LogP) is 3.05. The fourth-order valence-corrected chi connectivity index (χ4v) is 3.11. The second-order valence-corrected chi connectivity index (χ2v) is 6.27. The molecule has 0 aromatic heterocycles. The summed E-state index contributed by atoms with van der Waals surface area (Å²) in [4.78, 5) is 2.65. The van der Waals surface area contributed by atoms with E-state index in [1.54, 1.807) is 0 Å². The first-order valence-corrected chi connectivity index (χ1v) is 7.84. The second kappa shape index (κ2) is 8.13. The van der Waals surface area contributed by atoms with Crippen LogP contribution in [0.25, 0.3) is 0 Å². The molecule has 0 radical (unpaired) electrons. The summed E-state index contributed by atoms with van der Waals surface area (Å²) in [6.45, 7) is 9.44. The van der Waals surface area contributed by atoms with Gasteiger partial charge in [-0.25, -0.2) is 0 Å². The quantitative estimate of drug-likeness (QED) is 0.417. The summed E-state index contributed by atoms with van der Waals surface area (Å²) in [5.74, 6) is 5.81. The molecule has 18 heavy (non-hydrogen) atoms. The molecule has 3 N–H and O–H groups in total. The number of hydrogen-bond acceptors (Lipinski definition) is 3. The standard InChI is InChI=1S/C15H33N3/c1-4-5-8-11-14(17-16)15(2,3)18-12-9-6-7-10-13-18/h14,17H,4-13,16H2,1-3H3. The Morgan fingerprint density at radius 1 is 1.11 bits per heavy atom. The van der Waals surface area contributed by atoms with E-state index in [9.17, 15) is 0 Å². The summed E-state index contributed by atoms with van der Waals surface area (Å²) in [5.41, 5.74) is 3.25. The Labute approximate surface area is 113 Å². The van der Waals surface area contributed by atoms with E-state index in [0.717, 1.165) is 0 Å². The van der Waals surface area contributed by atoms with Gasteiger partial charge in [-0.05, 0) is 46.2 Å². The lowest BCUT2D eigenvalue weighted by Crippen LogP contribution is -2.59. The first kappa shape index (κ1) is 15.9. The van der Waals surface area contributed by atoms with Crippen LogP contribution in [0.4, 0.5) is 0 Å². The molecular formula is C15H33N3. The lowest BCUT2D eigenvalue weighted by Gasteiger charge is -2.43. The third-order valence-corrected chi connectivity index (χ3v) is 4.57. The van der Waals surface area contributed by atoms with Gasteiger partial charge in [0.1, 0.15) is 0 Å². The van der Waals surface area contributed by atoms with Crippen molar-refractivity contribution < 1.29 is 0 Å². The molecule has 3 heteroatoms. The van der Waals surface area contributed by atoms with Crippen LogP contribution < -0.4 is 11.3 Å². The van der Waals surface area contributed by atoms with Gasteiger partial charge in [0.15, 0.2) is 0 Å². The lowest BCUT2D eigenvalue weighted by molar-refractivity contribution is 0.0790. The van der Waals surface area contributed by atoms with Crippen LogP contribution in [-0.4, -0.2) is 29.6 Å². The van der Waals surface area contributed by atoms with Gasteiger partial charge in [-0.2, -0.15) is 0 Å². The number of nitrogens with one attached hydrogen (secondary N) is 1. The van der Waals surface area contributed by atoms with Gasteiger partial charge >= 0.3 is 0 Å². The van der Waals surface area contributed by atoms with E-state index in [1.165, 1.54) is 64.5 Å². The van der Waals surface area contributed by atoms with E-state index < -0.39 is 0 Å². The molecule has 0 bridgehead atoms. The van der Waals surface area contributed by atoms with Crippen LogP contribution in [0.1, 0.15) is 72.1 Å². The highest BCUT2D eigenvalue weighted by Crippen LogP contribution is 2.25. The zero-order valence-corrected chi connectivity index (χ0v) is 12.7. The van der Waals surface area contributed by atoms with Crippen LogP contribution in [0.2, 0.25) is 0 Å². The van der Waals surface area contributed by atoms with Gasteiger partial charge in [0.05, 0.1) is 0 Å². The molecule has 1 saturated heterocycles. The average molecular weight is 255 g/mol. The van der Waals surface area contributed by atoms with E-state index in [-0.39, 0.29) is 5.54 Å². The zero-order valence-electron chi connectivity index (χ0n) is 12.7. The van der Waals surface area contributed by atoms with Crippen molar-refractivity contribution >= 4 is 0 Å². The molecule has 0 aliphatic carbocycles. The first-order chi connectivity index (χ1) is 8.62. The van der Waals surface area contributed by atoms with Crippen LogP contribution in [0.3, 0.4) is 0 Å². The minimum atomic E-state index is 0.173. The maximum atomic E-state index is 5.81. The summed E-state index contributed by atoms with van der Waals surface area (Å²) < 4.78 is 0. The van der Waals surface area contributed by atoms with Crippen molar-refractivity contribution in [2.24, 2.45) is 5.84 Å². The Bertz CT molecular complexity index is 208. The van der Waals surface area contributed by atoms with Gasteiger partial charge in [0, 0.05) is 11.6 Å². The number of nitrogens with two attached hydrogens (primary N) is 1. The molecule has 1 atom stereocenters. The molecule has 1 heterocycles. The van der Waals surface area contributed by atoms with Crippen molar-refractivity contribution in [3.8, 4) is 0 Å². The largest absolute Gasteiger partial charge is 0.297 e. The summed E-state index contributed by atoms with van der Waals surface area (Å²) in [5, 5.41) is 0. The van der Waals surface area contributed by atoms with Crippen molar-refractivity contribution in [2.45, 2.75) is 83.7 Å².